The van der Waals surface area contributed by atoms with Crippen LogP contribution in [0.1, 0.15) is 22.8 Å². The molecule has 3 aromatic heterocycles. The Labute approximate surface area is 386 Å². The van der Waals surface area contributed by atoms with Crippen molar-refractivity contribution in [1.29, 1.82) is 0 Å². The first-order chi connectivity index (χ1) is 32.3. The number of H-pyrrole nitrogens is 1. The van der Waals surface area contributed by atoms with Crippen LogP contribution in [0.4, 0.5) is 0 Å². The molecule has 2 aliphatic rings. The van der Waals surface area contributed by atoms with Crippen molar-refractivity contribution in [1.82, 2.24) is 15.0 Å². The predicted octanol–water partition coefficient (Wildman–Crippen LogP) is 12.7. The molecule has 332 valence electrons. The number of hydrogen-bond acceptors (Lipinski definition) is 11. The van der Waals surface area contributed by atoms with E-state index in [1.807, 2.05) is 97.1 Å². The van der Waals surface area contributed by atoms with Crippen LogP contribution in [-0.2, 0) is 0 Å². The highest BCUT2D eigenvalue weighted by molar-refractivity contribution is 7.24. The van der Waals surface area contributed by atoms with Crippen LogP contribution in [0, 0.1) is 0 Å². The highest BCUT2D eigenvalue weighted by atomic mass is 32.1. The zero-order valence-electron chi connectivity index (χ0n) is 37.6. The molecule has 12 heteroatoms. The number of aromatic amines is 1. The fourth-order valence-electron chi connectivity index (χ4n) is 8.29. The van der Waals surface area contributed by atoms with E-state index in [1.165, 1.54) is 0 Å². The van der Waals surface area contributed by atoms with Gasteiger partial charge in [0.2, 0.25) is 0 Å². The van der Waals surface area contributed by atoms with Crippen LogP contribution in [0.2, 0.25) is 0 Å². The molecular formula is C54H47N3O8S. The molecule has 0 saturated carbocycles. The minimum atomic E-state index is 0.267. The molecule has 0 atom stereocenters. The molecule has 0 saturated heterocycles. The summed E-state index contributed by atoms with van der Waals surface area (Å²) in [5.74, 6) is 4.97. The van der Waals surface area contributed by atoms with Crippen molar-refractivity contribution in [3.8, 4) is 90.5 Å². The fourth-order valence-corrected chi connectivity index (χ4v) is 9.44. The number of nitrogens with one attached hydrogen (secondary N) is 1. The summed E-state index contributed by atoms with van der Waals surface area (Å²) >= 11 is 1.62. The first kappa shape index (κ1) is 43.3. The van der Waals surface area contributed by atoms with Gasteiger partial charge in [-0.2, -0.15) is 0 Å². The predicted molar refractivity (Wildman–Crippen MR) is 266 cm³/mol. The maximum absolute atomic E-state index is 6.41. The van der Waals surface area contributed by atoms with E-state index in [9.17, 15) is 0 Å². The normalized spacial score (nSPS) is 11.6. The molecule has 9 rings (SSSR count). The number of methoxy groups -OCH3 is 7. The lowest BCUT2D eigenvalue weighted by Gasteiger charge is -2.15. The molecule has 4 aromatic carbocycles. The highest BCUT2D eigenvalue weighted by Gasteiger charge is 2.23. The SMILES string of the molecule is C=CCOc1c(OC)cccc1-c1c2nc(c(-c3cc(OC)cc(OC)c3)c3ccc([nH]3)c(-c3cc(OC)cc(OC)c3)c3nc(c(-c4cc(OC)cc(OC)c4)c4ccc1s4)C=C3)C=C2. The van der Waals surface area contributed by atoms with Crippen LogP contribution in [0.15, 0.2) is 110 Å². The summed E-state index contributed by atoms with van der Waals surface area (Å²) in [6.45, 7) is 4.19. The summed E-state index contributed by atoms with van der Waals surface area (Å²) in [7, 11) is 11.5. The third kappa shape index (κ3) is 8.18. The Balaban J connectivity index is 1.50. The van der Waals surface area contributed by atoms with Crippen molar-refractivity contribution in [2.45, 2.75) is 0 Å². The van der Waals surface area contributed by atoms with Gasteiger partial charge in [0.25, 0.3) is 0 Å². The number of rotatable bonds is 14. The third-order valence-corrected chi connectivity index (χ3v) is 12.5. The van der Waals surface area contributed by atoms with Crippen LogP contribution >= 0.6 is 11.3 Å². The number of ether oxygens (including phenoxy) is 8. The van der Waals surface area contributed by atoms with E-state index in [0.29, 0.717) is 51.7 Å². The third-order valence-electron chi connectivity index (χ3n) is 11.4. The van der Waals surface area contributed by atoms with E-state index in [4.69, 9.17) is 47.9 Å². The van der Waals surface area contributed by atoms with Gasteiger partial charge in [-0.05, 0) is 108 Å². The Morgan fingerprint density at radius 1 is 0.485 bits per heavy atom. The van der Waals surface area contributed by atoms with Crippen molar-refractivity contribution in [2.75, 3.05) is 56.4 Å². The quantitative estimate of drug-likeness (QED) is 0.106. The van der Waals surface area contributed by atoms with Crippen molar-refractivity contribution in [3.63, 3.8) is 0 Å². The summed E-state index contributed by atoms with van der Waals surface area (Å²) in [4.78, 5) is 14.8. The molecule has 8 bridgehead atoms. The second-order valence-electron chi connectivity index (χ2n) is 15.1. The summed E-state index contributed by atoms with van der Waals surface area (Å²) in [6.07, 6.45) is 9.89. The molecular weight excluding hydrogens is 851 g/mol. The lowest BCUT2D eigenvalue weighted by molar-refractivity contribution is 0.328. The van der Waals surface area contributed by atoms with Gasteiger partial charge in [0, 0.05) is 66.4 Å². The van der Waals surface area contributed by atoms with Crippen molar-refractivity contribution >= 4 is 56.1 Å². The van der Waals surface area contributed by atoms with Crippen molar-refractivity contribution < 1.29 is 37.9 Å². The summed E-state index contributed by atoms with van der Waals surface area (Å²) in [6, 6.07) is 31.8. The summed E-state index contributed by atoms with van der Waals surface area (Å²) in [5, 5.41) is 0. The van der Waals surface area contributed by atoms with Crippen LogP contribution in [0.3, 0.4) is 0 Å². The van der Waals surface area contributed by atoms with Crippen LogP contribution in [0.25, 0.3) is 89.2 Å². The molecule has 11 nitrogen and oxygen atoms in total. The number of aromatic nitrogens is 3. The number of nitrogens with zero attached hydrogens (tertiary/aromatic N) is 2. The van der Waals surface area contributed by atoms with Crippen LogP contribution in [-0.4, -0.2) is 71.3 Å². The molecule has 66 heavy (non-hydrogen) atoms. The Morgan fingerprint density at radius 3 is 1.32 bits per heavy atom. The zero-order chi connectivity index (χ0) is 45.9. The van der Waals surface area contributed by atoms with E-state index < -0.39 is 0 Å². The molecule has 1 N–H and O–H groups in total. The van der Waals surface area contributed by atoms with Gasteiger partial charge in [0.1, 0.15) is 41.1 Å². The van der Waals surface area contributed by atoms with Crippen LogP contribution in [0.5, 0.6) is 46.0 Å². The van der Waals surface area contributed by atoms with Gasteiger partial charge in [0.05, 0.1) is 72.5 Å². The first-order valence-corrected chi connectivity index (χ1v) is 21.8. The monoisotopic (exact) mass is 897 g/mol. The van der Waals surface area contributed by atoms with Crippen LogP contribution < -0.4 is 37.9 Å². The van der Waals surface area contributed by atoms with E-state index in [0.717, 1.165) is 82.0 Å². The Morgan fingerprint density at radius 2 is 0.894 bits per heavy atom. The Hall–Kier alpha value is -7.96. The Kier molecular flexibility index (Phi) is 12.2. The number of benzene rings is 4. The van der Waals surface area contributed by atoms with E-state index in [-0.39, 0.29) is 6.61 Å². The molecule has 7 aromatic rings. The molecule has 0 fully saturated rings. The smallest absolute Gasteiger partial charge is 0.169 e. The standard InChI is InChI=1S/C54H47N3O8S/c1-9-21-65-54-40(11-10-12-47(54)64-8)53-46-18-16-44(57-46)51(32-24-36(60-4)29-37(25-32)61-5)42-14-13-41(55-42)50(31-22-34(58-2)28-35(23-31)59-3)43-15-17-45(56-43)52(48-19-20-49(53)66-48)33-26-38(62-6)30-39(27-33)63-7/h9-20,22-30,55H,1,21H2,2-8H3. The minimum absolute atomic E-state index is 0.267. The molecule has 0 unspecified atom stereocenters. The van der Waals surface area contributed by atoms with Gasteiger partial charge in [0.15, 0.2) is 11.5 Å². The van der Waals surface area contributed by atoms with Gasteiger partial charge >= 0.3 is 0 Å². The largest absolute Gasteiger partial charge is 0.497 e. The maximum Gasteiger partial charge on any atom is 0.169 e. The lowest BCUT2D eigenvalue weighted by Crippen LogP contribution is -1.99. The van der Waals surface area contributed by atoms with E-state index >= 15 is 0 Å². The van der Waals surface area contributed by atoms with Crippen molar-refractivity contribution in [3.05, 3.63) is 132 Å². The summed E-state index contributed by atoms with van der Waals surface area (Å²) in [5.41, 5.74) is 11.2. The number of para-hydroxylation sites is 1. The molecule has 5 heterocycles. The van der Waals surface area contributed by atoms with Gasteiger partial charge in [-0.15, -0.1) is 11.3 Å². The average molecular weight is 898 g/mol. The van der Waals surface area contributed by atoms with Crippen molar-refractivity contribution in [2.24, 2.45) is 0 Å². The number of hydrogen-bond donors (Lipinski definition) is 1. The average Bonchev–Trinajstić information content (AvgIpc) is 4.21. The fraction of sp³-hybridized carbons (Fsp3) is 0.148. The summed E-state index contributed by atoms with van der Waals surface area (Å²) < 4.78 is 49.0. The van der Waals surface area contributed by atoms with E-state index in [1.54, 1.807) is 67.2 Å². The second-order valence-corrected chi connectivity index (χ2v) is 16.2. The lowest BCUT2D eigenvalue weighted by atomic mass is 10.0. The Bertz CT molecular complexity index is 3140. The highest BCUT2D eigenvalue weighted by Crippen LogP contribution is 2.47. The van der Waals surface area contributed by atoms with Gasteiger partial charge in [-0.1, -0.05) is 24.8 Å². The first-order valence-electron chi connectivity index (χ1n) is 21.0. The van der Waals surface area contributed by atoms with Gasteiger partial charge < -0.3 is 42.9 Å². The van der Waals surface area contributed by atoms with Gasteiger partial charge in [-0.25, -0.2) is 9.97 Å². The molecule has 0 amide bonds. The molecule has 0 aliphatic carbocycles. The minimum Gasteiger partial charge on any atom is -0.497 e. The second kappa shape index (κ2) is 18.6. The molecule has 2 aliphatic heterocycles. The number of thiophene rings is 1. The zero-order valence-corrected chi connectivity index (χ0v) is 38.4. The maximum atomic E-state index is 6.41. The van der Waals surface area contributed by atoms with Gasteiger partial charge in [-0.3, -0.25) is 0 Å². The number of fused-ring (bicyclic) bond motifs is 8. The molecule has 0 spiro atoms. The molecule has 0 radical (unpaired) electrons. The van der Waals surface area contributed by atoms with E-state index in [2.05, 4.69) is 35.8 Å². The topological polar surface area (TPSA) is 115 Å².